The van der Waals surface area contributed by atoms with Crippen molar-refractivity contribution >= 4 is 6.03 Å². The molecular formula is C19H27N5O. The van der Waals surface area contributed by atoms with Crippen molar-refractivity contribution in [2.75, 3.05) is 33.2 Å². The number of urea groups is 1. The molecule has 1 N–H and O–H groups in total. The molecule has 1 saturated heterocycles. The van der Waals surface area contributed by atoms with E-state index in [-0.39, 0.29) is 6.03 Å². The Morgan fingerprint density at radius 1 is 1.44 bits per heavy atom. The Labute approximate surface area is 149 Å². The van der Waals surface area contributed by atoms with Gasteiger partial charge in [-0.25, -0.2) is 9.78 Å². The van der Waals surface area contributed by atoms with Crippen LogP contribution in [0.3, 0.4) is 0 Å². The molecule has 1 atom stereocenters. The van der Waals surface area contributed by atoms with Crippen LogP contribution in [0.4, 0.5) is 4.79 Å². The Kier molecular flexibility index (Phi) is 5.71. The van der Waals surface area contributed by atoms with Crippen LogP contribution in [0.15, 0.2) is 43.0 Å². The van der Waals surface area contributed by atoms with E-state index in [0.717, 1.165) is 43.9 Å². The topological polar surface area (TPSA) is 53.4 Å². The number of likely N-dealkylation sites (tertiary alicyclic amines) is 1. The average molecular weight is 341 g/mol. The quantitative estimate of drug-likeness (QED) is 0.877. The molecule has 1 unspecified atom stereocenters. The molecule has 2 aromatic rings. The molecule has 1 aliphatic rings. The number of carbonyl (C=O) groups is 1. The third kappa shape index (κ3) is 4.60. The van der Waals surface area contributed by atoms with Gasteiger partial charge >= 0.3 is 6.03 Å². The first-order valence-corrected chi connectivity index (χ1v) is 8.94. The van der Waals surface area contributed by atoms with Crippen LogP contribution in [-0.2, 0) is 6.54 Å². The molecule has 1 aliphatic heterocycles. The van der Waals surface area contributed by atoms with Crippen molar-refractivity contribution in [3.05, 3.63) is 48.5 Å². The smallest absolute Gasteiger partial charge is 0.317 e. The zero-order valence-electron chi connectivity index (χ0n) is 15.1. The Morgan fingerprint density at radius 3 is 3.08 bits per heavy atom. The van der Waals surface area contributed by atoms with Gasteiger partial charge in [0, 0.05) is 44.3 Å². The fourth-order valence-corrected chi connectivity index (χ4v) is 3.26. The summed E-state index contributed by atoms with van der Waals surface area (Å²) in [6, 6.07) is 8.18. The van der Waals surface area contributed by atoms with Gasteiger partial charge in [-0.2, -0.15) is 0 Å². The summed E-state index contributed by atoms with van der Waals surface area (Å²) in [6.45, 7) is 6.52. The number of amides is 2. The van der Waals surface area contributed by atoms with Crippen molar-refractivity contribution in [3.8, 4) is 5.69 Å². The number of carbonyl (C=O) groups excluding carboxylic acids is 1. The maximum Gasteiger partial charge on any atom is 0.317 e. The van der Waals surface area contributed by atoms with E-state index in [1.54, 1.807) is 12.5 Å². The molecule has 134 valence electrons. The second kappa shape index (κ2) is 8.16. The monoisotopic (exact) mass is 341 g/mol. The first-order valence-electron chi connectivity index (χ1n) is 8.94. The van der Waals surface area contributed by atoms with Crippen molar-refractivity contribution < 1.29 is 4.79 Å². The van der Waals surface area contributed by atoms with Gasteiger partial charge in [-0.3, -0.25) is 0 Å². The van der Waals surface area contributed by atoms with Gasteiger partial charge in [-0.1, -0.05) is 19.1 Å². The van der Waals surface area contributed by atoms with Crippen molar-refractivity contribution in [1.82, 2.24) is 24.7 Å². The summed E-state index contributed by atoms with van der Waals surface area (Å²) in [5.41, 5.74) is 2.13. The molecule has 6 nitrogen and oxygen atoms in total. The van der Waals surface area contributed by atoms with Crippen molar-refractivity contribution in [2.24, 2.45) is 5.92 Å². The summed E-state index contributed by atoms with van der Waals surface area (Å²) < 4.78 is 1.96. The van der Waals surface area contributed by atoms with Gasteiger partial charge in [0.05, 0.1) is 6.33 Å². The maximum atomic E-state index is 12.4. The number of imidazole rings is 1. The van der Waals surface area contributed by atoms with Crippen LogP contribution in [-0.4, -0.2) is 58.6 Å². The molecule has 0 saturated carbocycles. The minimum absolute atomic E-state index is 0.0367. The third-order valence-electron chi connectivity index (χ3n) is 4.84. The van der Waals surface area contributed by atoms with E-state index in [2.05, 4.69) is 35.2 Å². The summed E-state index contributed by atoms with van der Waals surface area (Å²) >= 11 is 0. The Hall–Kier alpha value is -2.34. The molecule has 2 amide bonds. The highest BCUT2D eigenvalue weighted by Gasteiger charge is 2.26. The minimum atomic E-state index is 0.0367. The Bertz CT molecular complexity index is 685. The van der Waals surface area contributed by atoms with Gasteiger partial charge in [-0.15, -0.1) is 0 Å². The molecule has 6 heteroatoms. The molecule has 1 aromatic heterocycles. The zero-order chi connectivity index (χ0) is 17.6. The summed E-state index contributed by atoms with van der Waals surface area (Å²) in [4.78, 5) is 20.7. The lowest BCUT2D eigenvalue weighted by Crippen LogP contribution is -2.38. The molecule has 0 radical (unpaired) electrons. The summed E-state index contributed by atoms with van der Waals surface area (Å²) in [5.74, 6) is 0.584. The van der Waals surface area contributed by atoms with E-state index in [4.69, 9.17) is 0 Å². The first kappa shape index (κ1) is 17.5. The third-order valence-corrected chi connectivity index (χ3v) is 4.84. The van der Waals surface area contributed by atoms with Crippen molar-refractivity contribution in [1.29, 1.82) is 0 Å². The van der Waals surface area contributed by atoms with Gasteiger partial charge in [0.2, 0.25) is 0 Å². The van der Waals surface area contributed by atoms with Crippen LogP contribution in [0.25, 0.3) is 5.69 Å². The molecule has 1 aromatic carbocycles. The van der Waals surface area contributed by atoms with Gasteiger partial charge in [0.1, 0.15) is 0 Å². The van der Waals surface area contributed by atoms with Gasteiger partial charge in [0.25, 0.3) is 0 Å². The molecule has 3 rings (SSSR count). The van der Waals surface area contributed by atoms with E-state index in [1.165, 1.54) is 0 Å². The fourth-order valence-electron chi connectivity index (χ4n) is 3.26. The molecule has 25 heavy (non-hydrogen) atoms. The molecular weight excluding hydrogens is 314 g/mol. The normalized spacial score (nSPS) is 17.2. The summed E-state index contributed by atoms with van der Waals surface area (Å²) in [5, 5.41) is 3.05. The predicted octanol–water partition coefficient (Wildman–Crippen LogP) is 2.36. The highest BCUT2D eigenvalue weighted by molar-refractivity contribution is 5.74. The lowest BCUT2D eigenvalue weighted by Gasteiger charge is -2.20. The van der Waals surface area contributed by atoms with Crippen LogP contribution in [0, 0.1) is 5.92 Å². The van der Waals surface area contributed by atoms with E-state index < -0.39 is 0 Å². The van der Waals surface area contributed by atoms with Gasteiger partial charge < -0.3 is 19.7 Å². The lowest BCUT2D eigenvalue weighted by molar-refractivity contribution is 0.204. The summed E-state index contributed by atoms with van der Waals surface area (Å²) in [7, 11) is 2.13. The number of nitrogens with one attached hydrogen (secondary N) is 1. The van der Waals surface area contributed by atoms with E-state index in [1.807, 2.05) is 33.9 Å². The number of benzene rings is 1. The largest absolute Gasteiger partial charge is 0.334 e. The average Bonchev–Trinajstić information content (AvgIpc) is 3.32. The predicted molar refractivity (Wildman–Crippen MR) is 98.7 cm³/mol. The number of hydrogen-bond donors (Lipinski definition) is 1. The van der Waals surface area contributed by atoms with Crippen molar-refractivity contribution in [2.45, 2.75) is 19.9 Å². The molecule has 0 bridgehead atoms. The number of rotatable bonds is 6. The highest BCUT2D eigenvalue weighted by atomic mass is 16.2. The van der Waals surface area contributed by atoms with Crippen LogP contribution in [0.1, 0.15) is 18.9 Å². The number of hydrogen-bond acceptors (Lipinski definition) is 3. The Balaban J connectivity index is 1.50. The van der Waals surface area contributed by atoms with Crippen LogP contribution < -0.4 is 5.32 Å². The molecule has 0 spiro atoms. The van der Waals surface area contributed by atoms with Crippen LogP contribution in [0.5, 0.6) is 0 Å². The van der Waals surface area contributed by atoms with E-state index >= 15 is 0 Å². The summed E-state index contributed by atoms with van der Waals surface area (Å²) in [6.07, 6.45) is 6.53. The van der Waals surface area contributed by atoms with Gasteiger partial charge in [0.15, 0.2) is 0 Å². The van der Waals surface area contributed by atoms with Crippen molar-refractivity contribution in [3.63, 3.8) is 0 Å². The number of aromatic nitrogens is 2. The molecule has 1 fully saturated rings. The van der Waals surface area contributed by atoms with Crippen LogP contribution >= 0.6 is 0 Å². The van der Waals surface area contributed by atoms with E-state index in [0.29, 0.717) is 12.5 Å². The fraction of sp³-hybridized carbons (Fsp3) is 0.474. The number of nitrogens with zero attached hydrogens (tertiary/aromatic N) is 4. The SMILES string of the molecule is CCN(C)CC1CCN(C(=O)NCc2cccc(-n3ccnc3)c2)C1. The lowest BCUT2D eigenvalue weighted by atomic mass is 10.1. The van der Waals surface area contributed by atoms with Crippen LogP contribution in [0.2, 0.25) is 0 Å². The standard InChI is InChI=1S/C19H27N5O/c1-3-22(2)13-17-7-9-23(14-17)19(25)21-12-16-5-4-6-18(11-16)24-10-8-20-15-24/h4-6,8,10-11,15,17H,3,7,9,12-14H2,1-2H3,(H,21,25). The van der Waals surface area contributed by atoms with E-state index in [9.17, 15) is 4.79 Å². The maximum absolute atomic E-state index is 12.4. The highest BCUT2D eigenvalue weighted by Crippen LogP contribution is 2.17. The molecule has 0 aliphatic carbocycles. The van der Waals surface area contributed by atoms with Gasteiger partial charge in [-0.05, 0) is 43.6 Å². The second-order valence-corrected chi connectivity index (χ2v) is 6.75. The minimum Gasteiger partial charge on any atom is -0.334 e. The Morgan fingerprint density at radius 2 is 2.32 bits per heavy atom. The first-order chi connectivity index (χ1) is 12.2. The molecule has 2 heterocycles. The second-order valence-electron chi connectivity index (χ2n) is 6.75. The zero-order valence-corrected chi connectivity index (χ0v) is 15.1.